The third kappa shape index (κ3) is 4.64. The Balaban J connectivity index is 2.89. The van der Waals surface area contributed by atoms with Crippen LogP contribution in [0, 0.1) is 0 Å². The third-order valence-electron chi connectivity index (χ3n) is 2.75. The first-order valence-electron chi connectivity index (χ1n) is 6.48. The maximum Gasteiger partial charge on any atom is 0.326 e. The Morgan fingerprint density at radius 1 is 1.33 bits per heavy atom. The number of ether oxygens (including phenoxy) is 2. The number of nitrogens with one attached hydrogen (secondary N) is 1. The molecule has 0 saturated carbocycles. The number of carboxylic acids is 1. The number of benzene rings is 1. The molecule has 0 aliphatic carbocycles. The number of carboxylic acid groups (broad SMARTS) is 1. The Bertz CT molecular complexity index is 502. The van der Waals surface area contributed by atoms with Crippen molar-refractivity contribution in [3.63, 3.8) is 0 Å². The van der Waals surface area contributed by atoms with Crippen LogP contribution in [0.2, 0.25) is 0 Å². The van der Waals surface area contributed by atoms with E-state index in [-0.39, 0.29) is 18.6 Å². The van der Waals surface area contributed by atoms with Gasteiger partial charge in [-0.05, 0) is 25.1 Å². The molecule has 0 saturated heterocycles. The summed E-state index contributed by atoms with van der Waals surface area (Å²) in [5, 5.41) is 20.1. The summed E-state index contributed by atoms with van der Waals surface area (Å²) in [6.07, 6.45) is -0.0603. The average molecular weight is 297 g/mol. The summed E-state index contributed by atoms with van der Waals surface area (Å²) >= 11 is 0. The third-order valence-corrected chi connectivity index (χ3v) is 2.75. The quantitative estimate of drug-likeness (QED) is 0.651. The molecule has 1 amide bonds. The highest BCUT2D eigenvalue weighted by Crippen LogP contribution is 2.28. The Kier molecular flexibility index (Phi) is 6.48. The van der Waals surface area contributed by atoms with Crippen LogP contribution in [0.5, 0.6) is 11.5 Å². The lowest BCUT2D eigenvalue weighted by molar-refractivity contribution is -0.139. The minimum Gasteiger partial charge on any atom is -0.493 e. The van der Waals surface area contributed by atoms with Crippen LogP contribution in [-0.2, 0) is 4.79 Å². The van der Waals surface area contributed by atoms with E-state index in [0.29, 0.717) is 18.1 Å². The molecule has 7 nitrogen and oxygen atoms in total. The van der Waals surface area contributed by atoms with Crippen LogP contribution in [0.15, 0.2) is 18.2 Å². The first-order chi connectivity index (χ1) is 10.0. The fourth-order valence-electron chi connectivity index (χ4n) is 1.71. The molecular formula is C14H19NO6. The van der Waals surface area contributed by atoms with Crippen LogP contribution in [0.4, 0.5) is 0 Å². The molecule has 1 rings (SSSR count). The van der Waals surface area contributed by atoms with E-state index >= 15 is 0 Å². The predicted molar refractivity (Wildman–Crippen MR) is 74.8 cm³/mol. The van der Waals surface area contributed by atoms with Crippen LogP contribution in [-0.4, -0.2) is 48.5 Å². The molecule has 0 spiro atoms. The lowest BCUT2D eigenvalue weighted by Gasteiger charge is -2.14. The van der Waals surface area contributed by atoms with Gasteiger partial charge in [0.2, 0.25) is 0 Å². The van der Waals surface area contributed by atoms with Crippen molar-refractivity contribution >= 4 is 11.9 Å². The fraction of sp³-hybridized carbons (Fsp3) is 0.429. The lowest BCUT2D eigenvalue weighted by Crippen LogP contribution is -2.41. The van der Waals surface area contributed by atoms with Crippen molar-refractivity contribution in [3.05, 3.63) is 23.8 Å². The first kappa shape index (κ1) is 16.8. The number of hydrogen-bond donors (Lipinski definition) is 3. The highest BCUT2D eigenvalue weighted by molar-refractivity contribution is 5.97. The number of aliphatic carboxylic acids is 1. The molecule has 1 aromatic rings. The zero-order chi connectivity index (χ0) is 15.8. The van der Waals surface area contributed by atoms with E-state index in [4.69, 9.17) is 19.7 Å². The second kappa shape index (κ2) is 8.11. The molecule has 0 unspecified atom stereocenters. The highest BCUT2D eigenvalue weighted by atomic mass is 16.5. The molecule has 7 heteroatoms. The summed E-state index contributed by atoms with van der Waals surface area (Å²) in [5.74, 6) is -0.868. The molecule has 0 heterocycles. The number of aliphatic hydroxyl groups excluding tert-OH is 1. The van der Waals surface area contributed by atoms with E-state index in [9.17, 15) is 9.59 Å². The van der Waals surface area contributed by atoms with Gasteiger partial charge < -0.3 is 25.0 Å². The summed E-state index contributed by atoms with van der Waals surface area (Å²) in [7, 11) is 1.45. The van der Waals surface area contributed by atoms with Crippen LogP contribution in [0.1, 0.15) is 23.7 Å². The Labute approximate surface area is 122 Å². The van der Waals surface area contributed by atoms with E-state index in [2.05, 4.69) is 5.32 Å². The van der Waals surface area contributed by atoms with Crippen molar-refractivity contribution < 1.29 is 29.3 Å². The Morgan fingerprint density at radius 3 is 2.57 bits per heavy atom. The molecule has 0 radical (unpaired) electrons. The zero-order valence-corrected chi connectivity index (χ0v) is 12.0. The maximum absolute atomic E-state index is 12.0. The molecule has 0 bridgehead atoms. The van der Waals surface area contributed by atoms with E-state index in [1.165, 1.54) is 19.2 Å². The second-order valence-corrected chi connectivity index (χ2v) is 4.18. The van der Waals surface area contributed by atoms with E-state index in [1.807, 2.05) is 6.92 Å². The molecule has 1 atom stereocenters. The van der Waals surface area contributed by atoms with Gasteiger partial charge in [-0.1, -0.05) is 0 Å². The standard InChI is InChI=1S/C14H19NO6/c1-3-21-11-5-4-9(8-12(11)20-2)13(17)15-10(6-7-16)14(18)19/h4-5,8,10,16H,3,6-7H2,1-2H3,(H,15,17)(H,18,19)/t10-/m1/s1. The van der Waals surface area contributed by atoms with Crippen LogP contribution in [0.3, 0.4) is 0 Å². The van der Waals surface area contributed by atoms with Gasteiger partial charge in [-0.3, -0.25) is 4.79 Å². The number of aliphatic hydroxyl groups is 1. The molecule has 0 aliphatic rings. The van der Waals surface area contributed by atoms with Gasteiger partial charge in [-0.15, -0.1) is 0 Å². The summed E-state index contributed by atoms with van der Waals surface area (Å²) in [4.78, 5) is 23.0. The SMILES string of the molecule is CCOc1ccc(C(=O)N[C@H](CCO)C(=O)O)cc1OC. The number of carbonyl (C=O) groups excluding carboxylic acids is 1. The average Bonchev–Trinajstić information content (AvgIpc) is 2.47. The number of amides is 1. The smallest absolute Gasteiger partial charge is 0.326 e. The maximum atomic E-state index is 12.0. The van der Waals surface area contributed by atoms with Gasteiger partial charge in [0.25, 0.3) is 5.91 Å². The Morgan fingerprint density at radius 2 is 2.05 bits per heavy atom. The lowest BCUT2D eigenvalue weighted by atomic mass is 10.1. The Hall–Kier alpha value is -2.28. The zero-order valence-electron chi connectivity index (χ0n) is 12.0. The van der Waals surface area contributed by atoms with Gasteiger partial charge in [-0.2, -0.15) is 0 Å². The number of carbonyl (C=O) groups is 2. The molecule has 116 valence electrons. The molecule has 0 aromatic heterocycles. The van der Waals surface area contributed by atoms with Crippen LogP contribution < -0.4 is 14.8 Å². The summed E-state index contributed by atoms with van der Waals surface area (Å²) in [5.41, 5.74) is 0.250. The molecule has 1 aromatic carbocycles. The summed E-state index contributed by atoms with van der Waals surface area (Å²) in [6, 6.07) is 3.43. The van der Waals surface area contributed by atoms with Gasteiger partial charge in [0.05, 0.1) is 13.7 Å². The number of methoxy groups -OCH3 is 1. The van der Waals surface area contributed by atoms with Gasteiger partial charge in [0.1, 0.15) is 6.04 Å². The van der Waals surface area contributed by atoms with Gasteiger partial charge in [-0.25, -0.2) is 4.79 Å². The summed E-state index contributed by atoms with van der Waals surface area (Å²) in [6.45, 7) is 1.95. The topological polar surface area (TPSA) is 105 Å². The van der Waals surface area contributed by atoms with Crippen molar-refractivity contribution in [2.24, 2.45) is 0 Å². The second-order valence-electron chi connectivity index (χ2n) is 4.18. The monoisotopic (exact) mass is 297 g/mol. The van der Waals surface area contributed by atoms with Gasteiger partial charge in [0.15, 0.2) is 11.5 Å². The van der Waals surface area contributed by atoms with E-state index in [1.54, 1.807) is 6.07 Å². The van der Waals surface area contributed by atoms with Crippen molar-refractivity contribution in [2.45, 2.75) is 19.4 Å². The normalized spacial score (nSPS) is 11.6. The largest absolute Gasteiger partial charge is 0.493 e. The van der Waals surface area contributed by atoms with Crippen LogP contribution in [0.25, 0.3) is 0 Å². The van der Waals surface area contributed by atoms with Crippen molar-refractivity contribution in [3.8, 4) is 11.5 Å². The molecule has 21 heavy (non-hydrogen) atoms. The van der Waals surface area contributed by atoms with Crippen LogP contribution >= 0.6 is 0 Å². The number of rotatable bonds is 8. The van der Waals surface area contributed by atoms with Gasteiger partial charge in [0, 0.05) is 18.6 Å². The van der Waals surface area contributed by atoms with Crippen molar-refractivity contribution in [1.29, 1.82) is 0 Å². The van der Waals surface area contributed by atoms with Gasteiger partial charge >= 0.3 is 5.97 Å². The highest BCUT2D eigenvalue weighted by Gasteiger charge is 2.20. The molecule has 0 fully saturated rings. The fourth-order valence-corrected chi connectivity index (χ4v) is 1.71. The minimum atomic E-state index is -1.20. The number of hydrogen-bond acceptors (Lipinski definition) is 5. The molecule has 3 N–H and O–H groups in total. The van der Waals surface area contributed by atoms with E-state index < -0.39 is 17.9 Å². The van der Waals surface area contributed by atoms with E-state index in [0.717, 1.165) is 0 Å². The minimum absolute atomic E-state index is 0.0603. The van der Waals surface area contributed by atoms with Crippen molar-refractivity contribution in [1.82, 2.24) is 5.32 Å². The van der Waals surface area contributed by atoms with Crippen molar-refractivity contribution in [2.75, 3.05) is 20.3 Å². The first-order valence-corrected chi connectivity index (χ1v) is 6.48. The predicted octanol–water partition coefficient (Wildman–Crippen LogP) is 0.659. The molecular weight excluding hydrogens is 278 g/mol. The molecule has 0 aliphatic heterocycles. The summed E-state index contributed by atoms with van der Waals surface area (Å²) < 4.78 is 10.5.